The van der Waals surface area contributed by atoms with Gasteiger partial charge in [0.15, 0.2) is 0 Å². The summed E-state index contributed by atoms with van der Waals surface area (Å²) in [6, 6.07) is 7.74. The Morgan fingerprint density at radius 3 is 2.41 bits per heavy atom. The van der Waals surface area contributed by atoms with Crippen LogP contribution in [0.4, 0.5) is 10.5 Å². The highest BCUT2D eigenvalue weighted by Gasteiger charge is 2.35. The predicted octanol–water partition coefficient (Wildman–Crippen LogP) is 3.12. The number of ether oxygens (including phenoxy) is 1. The first-order chi connectivity index (χ1) is 13.1. The first kappa shape index (κ1) is 18.1. The first-order valence-corrected chi connectivity index (χ1v) is 10.2. The summed E-state index contributed by atoms with van der Waals surface area (Å²) in [6.45, 7) is 5.65. The number of anilines is 1. The monoisotopic (exact) mass is 371 g/mol. The van der Waals surface area contributed by atoms with E-state index < -0.39 is 0 Å². The molecule has 1 aromatic rings. The van der Waals surface area contributed by atoms with Crippen molar-refractivity contribution >= 4 is 17.6 Å². The summed E-state index contributed by atoms with van der Waals surface area (Å²) in [5, 5.41) is 0. The molecule has 27 heavy (non-hydrogen) atoms. The topological polar surface area (TPSA) is 53.1 Å². The number of urea groups is 1. The van der Waals surface area contributed by atoms with Crippen LogP contribution < -0.4 is 9.64 Å². The molecule has 0 aliphatic carbocycles. The number of carbonyl (C=O) groups excluding carboxylic acids is 2. The molecule has 6 nitrogen and oxygen atoms in total. The first-order valence-electron chi connectivity index (χ1n) is 10.2. The molecular weight excluding hydrogens is 342 g/mol. The van der Waals surface area contributed by atoms with Crippen LogP contribution in [0, 0.1) is 5.92 Å². The lowest BCUT2D eigenvalue weighted by molar-refractivity contribution is -0.137. The smallest absolute Gasteiger partial charge is 0.324 e. The van der Waals surface area contributed by atoms with E-state index in [0.29, 0.717) is 25.5 Å². The zero-order chi connectivity index (χ0) is 18.8. The standard InChI is InChI=1S/C21H29N3O3/c1-16-15-24(18-7-3-4-8-19(18)27-16)21(26)23-13-9-17(10-14-23)20(25)22-11-5-2-6-12-22/h3-4,7-8,16-17H,2,5-6,9-15H2,1H3/t16-/m1/s1. The number of piperidine rings is 2. The average Bonchev–Trinajstić information content (AvgIpc) is 2.73. The van der Waals surface area contributed by atoms with Gasteiger partial charge in [-0.2, -0.15) is 0 Å². The Balaban J connectivity index is 1.38. The van der Waals surface area contributed by atoms with Gasteiger partial charge in [0, 0.05) is 32.1 Å². The summed E-state index contributed by atoms with van der Waals surface area (Å²) in [7, 11) is 0. The van der Waals surface area contributed by atoms with Gasteiger partial charge >= 0.3 is 6.03 Å². The van der Waals surface area contributed by atoms with Crippen LogP contribution in [0.5, 0.6) is 5.75 Å². The summed E-state index contributed by atoms with van der Waals surface area (Å²) in [6.07, 6.45) is 4.98. The van der Waals surface area contributed by atoms with Crippen molar-refractivity contribution in [2.45, 2.75) is 45.1 Å². The van der Waals surface area contributed by atoms with Crippen molar-refractivity contribution in [3.63, 3.8) is 0 Å². The second-order valence-corrected chi connectivity index (χ2v) is 7.94. The highest BCUT2D eigenvalue weighted by Crippen LogP contribution is 2.34. The van der Waals surface area contributed by atoms with Crippen LogP contribution in [0.2, 0.25) is 0 Å². The largest absolute Gasteiger partial charge is 0.487 e. The lowest BCUT2D eigenvalue weighted by atomic mass is 9.94. The van der Waals surface area contributed by atoms with Gasteiger partial charge in [-0.05, 0) is 51.2 Å². The second kappa shape index (κ2) is 7.79. The third kappa shape index (κ3) is 3.75. The maximum absolute atomic E-state index is 13.1. The summed E-state index contributed by atoms with van der Waals surface area (Å²) in [5.74, 6) is 1.13. The van der Waals surface area contributed by atoms with Gasteiger partial charge in [0.05, 0.1) is 12.2 Å². The van der Waals surface area contributed by atoms with E-state index in [1.165, 1.54) is 6.42 Å². The maximum atomic E-state index is 13.1. The minimum Gasteiger partial charge on any atom is -0.487 e. The van der Waals surface area contributed by atoms with E-state index in [4.69, 9.17) is 4.74 Å². The molecule has 2 saturated heterocycles. The van der Waals surface area contributed by atoms with Gasteiger partial charge in [0.1, 0.15) is 11.9 Å². The molecular formula is C21H29N3O3. The number of fused-ring (bicyclic) bond motifs is 1. The Labute approximate surface area is 161 Å². The van der Waals surface area contributed by atoms with Crippen molar-refractivity contribution < 1.29 is 14.3 Å². The van der Waals surface area contributed by atoms with Crippen molar-refractivity contribution in [2.24, 2.45) is 5.92 Å². The van der Waals surface area contributed by atoms with Gasteiger partial charge in [-0.25, -0.2) is 4.79 Å². The van der Waals surface area contributed by atoms with Gasteiger partial charge in [0.25, 0.3) is 0 Å². The Kier molecular flexibility index (Phi) is 5.23. The number of rotatable bonds is 1. The summed E-state index contributed by atoms with van der Waals surface area (Å²) < 4.78 is 5.85. The van der Waals surface area contributed by atoms with E-state index in [1.54, 1.807) is 0 Å². The number of para-hydroxylation sites is 2. The summed E-state index contributed by atoms with van der Waals surface area (Å²) in [5.41, 5.74) is 0.840. The van der Waals surface area contributed by atoms with E-state index in [0.717, 1.165) is 50.2 Å². The van der Waals surface area contributed by atoms with Crippen LogP contribution in [-0.2, 0) is 4.79 Å². The summed E-state index contributed by atoms with van der Waals surface area (Å²) >= 11 is 0. The molecule has 0 radical (unpaired) electrons. The fourth-order valence-electron chi connectivity index (χ4n) is 4.43. The molecule has 0 spiro atoms. The molecule has 4 rings (SSSR count). The van der Waals surface area contributed by atoms with Crippen molar-refractivity contribution in [1.82, 2.24) is 9.80 Å². The molecule has 3 aliphatic rings. The fourth-order valence-corrected chi connectivity index (χ4v) is 4.43. The van der Waals surface area contributed by atoms with Crippen LogP contribution in [0.1, 0.15) is 39.0 Å². The predicted molar refractivity (Wildman–Crippen MR) is 104 cm³/mol. The van der Waals surface area contributed by atoms with E-state index >= 15 is 0 Å². The molecule has 1 aromatic carbocycles. The highest BCUT2D eigenvalue weighted by molar-refractivity contribution is 5.94. The molecule has 6 heteroatoms. The Morgan fingerprint density at radius 1 is 0.963 bits per heavy atom. The minimum atomic E-state index is -0.0259. The van der Waals surface area contributed by atoms with Crippen molar-refractivity contribution in [3.8, 4) is 5.75 Å². The maximum Gasteiger partial charge on any atom is 0.324 e. The molecule has 3 aliphatic heterocycles. The SMILES string of the molecule is C[C@@H]1CN(C(=O)N2CCC(C(=O)N3CCCCC3)CC2)c2ccccc2O1. The lowest BCUT2D eigenvalue weighted by Gasteiger charge is -2.40. The van der Waals surface area contributed by atoms with E-state index in [2.05, 4.69) is 0 Å². The quantitative estimate of drug-likeness (QED) is 0.762. The third-order valence-corrected chi connectivity index (χ3v) is 5.94. The highest BCUT2D eigenvalue weighted by atomic mass is 16.5. The zero-order valence-corrected chi connectivity index (χ0v) is 16.1. The minimum absolute atomic E-state index is 0.0259. The number of amides is 3. The van der Waals surface area contributed by atoms with Gasteiger partial charge in [-0.3, -0.25) is 9.69 Å². The molecule has 3 heterocycles. The van der Waals surface area contributed by atoms with Crippen molar-refractivity contribution in [3.05, 3.63) is 24.3 Å². The van der Waals surface area contributed by atoms with E-state index in [1.807, 2.05) is 45.9 Å². The second-order valence-electron chi connectivity index (χ2n) is 7.94. The van der Waals surface area contributed by atoms with Crippen molar-refractivity contribution in [2.75, 3.05) is 37.6 Å². The average molecular weight is 371 g/mol. The Morgan fingerprint density at radius 2 is 1.67 bits per heavy atom. The summed E-state index contributed by atoms with van der Waals surface area (Å²) in [4.78, 5) is 31.6. The molecule has 146 valence electrons. The number of hydrogen-bond donors (Lipinski definition) is 0. The van der Waals surface area contributed by atoms with Crippen molar-refractivity contribution in [1.29, 1.82) is 0 Å². The molecule has 2 fully saturated rings. The lowest BCUT2D eigenvalue weighted by Crippen LogP contribution is -2.52. The Hall–Kier alpha value is -2.24. The number of hydrogen-bond acceptors (Lipinski definition) is 3. The van der Waals surface area contributed by atoms with Crippen LogP contribution in [0.25, 0.3) is 0 Å². The number of benzene rings is 1. The number of likely N-dealkylation sites (tertiary alicyclic amines) is 2. The van der Waals surface area contributed by atoms with Gasteiger partial charge in [0.2, 0.25) is 5.91 Å². The number of nitrogens with zero attached hydrogens (tertiary/aromatic N) is 3. The molecule has 0 N–H and O–H groups in total. The normalized spacial score (nSPS) is 23.6. The van der Waals surface area contributed by atoms with Gasteiger partial charge in [-0.15, -0.1) is 0 Å². The van der Waals surface area contributed by atoms with Crippen LogP contribution in [-0.4, -0.2) is 60.6 Å². The van der Waals surface area contributed by atoms with Crippen LogP contribution in [0.3, 0.4) is 0 Å². The molecule has 1 atom stereocenters. The third-order valence-electron chi connectivity index (χ3n) is 5.94. The fraction of sp³-hybridized carbons (Fsp3) is 0.619. The van der Waals surface area contributed by atoms with E-state index in [9.17, 15) is 9.59 Å². The van der Waals surface area contributed by atoms with Crippen LogP contribution in [0.15, 0.2) is 24.3 Å². The van der Waals surface area contributed by atoms with Gasteiger partial charge < -0.3 is 14.5 Å². The van der Waals surface area contributed by atoms with E-state index in [-0.39, 0.29) is 18.1 Å². The number of carbonyl (C=O) groups is 2. The Bertz CT molecular complexity index is 694. The molecule has 0 aromatic heterocycles. The molecule has 0 saturated carbocycles. The van der Waals surface area contributed by atoms with Gasteiger partial charge in [-0.1, -0.05) is 12.1 Å². The molecule has 0 bridgehead atoms. The molecule has 3 amide bonds. The molecule has 0 unspecified atom stereocenters. The van der Waals surface area contributed by atoms with Crippen LogP contribution >= 0.6 is 0 Å². The zero-order valence-electron chi connectivity index (χ0n) is 16.1.